The standard InChI is InChI=1S/C15H25N3O4S/c1-11-13(23(20,21)18(3)4)9-12(22-11)14(19)17-10-15(2)5-7-16-8-6-15/h9,16H,5-8,10H2,1-4H3,(H,17,19). The van der Waals surface area contributed by atoms with E-state index in [-0.39, 0.29) is 27.7 Å². The number of rotatable bonds is 5. The van der Waals surface area contributed by atoms with Gasteiger partial charge in [0.25, 0.3) is 5.91 Å². The Labute approximate surface area is 137 Å². The molecule has 0 aromatic carbocycles. The molecule has 0 unspecified atom stereocenters. The van der Waals surface area contributed by atoms with E-state index < -0.39 is 10.0 Å². The molecule has 0 atom stereocenters. The van der Waals surface area contributed by atoms with Crippen molar-refractivity contribution in [1.82, 2.24) is 14.9 Å². The largest absolute Gasteiger partial charge is 0.455 e. The van der Waals surface area contributed by atoms with Crippen LogP contribution in [0, 0.1) is 12.3 Å². The summed E-state index contributed by atoms with van der Waals surface area (Å²) in [6.45, 7) is 6.11. The zero-order chi connectivity index (χ0) is 17.3. The van der Waals surface area contributed by atoms with Gasteiger partial charge in [0.15, 0.2) is 5.76 Å². The number of furan rings is 1. The Kier molecular flexibility index (Phi) is 5.17. The molecule has 8 heteroatoms. The molecule has 0 saturated carbocycles. The number of hydrogen-bond donors (Lipinski definition) is 2. The lowest BCUT2D eigenvalue weighted by atomic mass is 9.81. The quantitative estimate of drug-likeness (QED) is 0.831. The maximum absolute atomic E-state index is 12.3. The molecule has 2 heterocycles. The number of aryl methyl sites for hydroxylation is 1. The minimum absolute atomic E-state index is 0.0282. The lowest BCUT2D eigenvalue weighted by molar-refractivity contribution is 0.0893. The van der Waals surface area contributed by atoms with Gasteiger partial charge in [0.1, 0.15) is 10.7 Å². The van der Waals surface area contributed by atoms with Crippen LogP contribution in [0.25, 0.3) is 0 Å². The second-order valence-corrected chi connectivity index (χ2v) is 8.68. The minimum Gasteiger partial charge on any atom is -0.455 e. The van der Waals surface area contributed by atoms with Crippen molar-refractivity contribution >= 4 is 15.9 Å². The van der Waals surface area contributed by atoms with E-state index in [0.29, 0.717) is 6.54 Å². The van der Waals surface area contributed by atoms with E-state index in [0.717, 1.165) is 30.2 Å². The molecule has 7 nitrogen and oxygen atoms in total. The number of hydrogen-bond acceptors (Lipinski definition) is 5. The SMILES string of the molecule is Cc1oc(C(=O)NCC2(C)CCNCC2)cc1S(=O)(=O)N(C)C. The van der Waals surface area contributed by atoms with Crippen LogP contribution in [0.2, 0.25) is 0 Å². The average molecular weight is 343 g/mol. The van der Waals surface area contributed by atoms with E-state index in [1.165, 1.54) is 20.2 Å². The van der Waals surface area contributed by atoms with Crippen LogP contribution >= 0.6 is 0 Å². The molecule has 130 valence electrons. The van der Waals surface area contributed by atoms with Gasteiger partial charge >= 0.3 is 0 Å². The maximum atomic E-state index is 12.3. The Hall–Kier alpha value is -1.38. The molecule has 0 bridgehead atoms. The predicted molar refractivity (Wildman–Crippen MR) is 86.9 cm³/mol. The van der Waals surface area contributed by atoms with Crippen molar-refractivity contribution in [2.75, 3.05) is 33.7 Å². The van der Waals surface area contributed by atoms with Crippen LogP contribution in [-0.2, 0) is 10.0 Å². The summed E-state index contributed by atoms with van der Waals surface area (Å²) in [6.07, 6.45) is 1.98. The molecule has 2 N–H and O–H groups in total. The van der Waals surface area contributed by atoms with Crippen molar-refractivity contribution in [2.45, 2.75) is 31.6 Å². The summed E-state index contributed by atoms with van der Waals surface area (Å²) in [5.74, 6) is -0.134. The summed E-state index contributed by atoms with van der Waals surface area (Å²) in [4.78, 5) is 12.3. The van der Waals surface area contributed by atoms with Crippen molar-refractivity contribution in [1.29, 1.82) is 0 Å². The topological polar surface area (TPSA) is 91.6 Å². The molecule has 0 aliphatic carbocycles. The molecule has 0 radical (unpaired) electrons. The third kappa shape index (κ3) is 3.94. The summed E-state index contributed by atoms with van der Waals surface area (Å²) in [5, 5.41) is 6.16. The third-order valence-corrected chi connectivity index (χ3v) is 6.26. The van der Waals surface area contributed by atoms with E-state index in [9.17, 15) is 13.2 Å². The Bertz CT molecular complexity index is 673. The van der Waals surface area contributed by atoms with Crippen LogP contribution in [0.4, 0.5) is 0 Å². The van der Waals surface area contributed by atoms with Crippen LogP contribution in [-0.4, -0.2) is 52.4 Å². The number of nitrogens with one attached hydrogen (secondary N) is 2. The van der Waals surface area contributed by atoms with Crippen LogP contribution in [0.3, 0.4) is 0 Å². The van der Waals surface area contributed by atoms with Gasteiger partial charge in [-0.25, -0.2) is 12.7 Å². The van der Waals surface area contributed by atoms with Crippen LogP contribution in [0.5, 0.6) is 0 Å². The number of carbonyl (C=O) groups excluding carboxylic acids is 1. The molecule has 1 saturated heterocycles. The first-order chi connectivity index (χ1) is 10.7. The summed E-state index contributed by atoms with van der Waals surface area (Å²) in [5.41, 5.74) is 0.0566. The van der Waals surface area contributed by atoms with E-state index in [1.807, 2.05) is 0 Å². The fourth-order valence-corrected chi connectivity index (χ4v) is 3.67. The molecule has 1 aromatic heterocycles. The van der Waals surface area contributed by atoms with Crippen LogP contribution in [0.1, 0.15) is 36.1 Å². The fourth-order valence-electron chi connectivity index (χ4n) is 2.62. The van der Waals surface area contributed by atoms with Crippen molar-refractivity contribution in [3.05, 3.63) is 17.6 Å². The highest BCUT2D eigenvalue weighted by atomic mass is 32.2. The van der Waals surface area contributed by atoms with E-state index >= 15 is 0 Å². The highest BCUT2D eigenvalue weighted by molar-refractivity contribution is 7.89. The first-order valence-corrected chi connectivity index (χ1v) is 9.12. The van der Waals surface area contributed by atoms with Crippen LogP contribution < -0.4 is 10.6 Å². The summed E-state index contributed by atoms with van der Waals surface area (Å²) < 4.78 is 30.8. The van der Waals surface area contributed by atoms with Crippen molar-refractivity contribution in [2.24, 2.45) is 5.41 Å². The second-order valence-electron chi connectivity index (χ2n) is 6.56. The van der Waals surface area contributed by atoms with Gasteiger partial charge in [-0.05, 0) is 38.3 Å². The van der Waals surface area contributed by atoms with Crippen molar-refractivity contribution in [3.63, 3.8) is 0 Å². The molecule has 1 aliphatic heterocycles. The molecule has 23 heavy (non-hydrogen) atoms. The Morgan fingerprint density at radius 2 is 2.00 bits per heavy atom. The first kappa shape index (κ1) is 18.0. The van der Waals surface area contributed by atoms with Gasteiger partial charge in [-0.2, -0.15) is 0 Å². The normalized spacial score (nSPS) is 18.1. The van der Waals surface area contributed by atoms with Gasteiger partial charge in [-0.3, -0.25) is 4.79 Å². The highest BCUT2D eigenvalue weighted by Gasteiger charge is 2.29. The lowest BCUT2D eigenvalue weighted by Crippen LogP contribution is -2.42. The molecule has 2 rings (SSSR count). The van der Waals surface area contributed by atoms with Gasteiger partial charge < -0.3 is 15.1 Å². The van der Waals surface area contributed by atoms with E-state index in [4.69, 9.17) is 4.42 Å². The first-order valence-electron chi connectivity index (χ1n) is 7.68. The molecular weight excluding hydrogens is 318 g/mol. The zero-order valence-corrected chi connectivity index (χ0v) is 14.9. The second kappa shape index (κ2) is 6.62. The number of amides is 1. The number of carbonyl (C=O) groups is 1. The summed E-state index contributed by atoms with van der Waals surface area (Å²) in [7, 11) is -0.729. The lowest BCUT2D eigenvalue weighted by Gasteiger charge is -2.33. The third-order valence-electron chi connectivity index (χ3n) is 4.34. The smallest absolute Gasteiger partial charge is 0.287 e. The molecule has 1 aliphatic rings. The average Bonchev–Trinajstić information content (AvgIpc) is 2.88. The van der Waals surface area contributed by atoms with Gasteiger partial charge in [-0.1, -0.05) is 6.92 Å². The Morgan fingerprint density at radius 3 is 2.57 bits per heavy atom. The molecule has 1 aromatic rings. The van der Waals surface area contributed by atoms with Crippen molar-refractivity contribution in [3.8, 4) is 0 Å². The number of piperidine rings is 1. The van der Waals surface area contributed by atoms with Gasteiger partial charge in [0.05, 0.1) is 0 Å². The van der Waals surface area contributed by atoms with Gasteiger partial charge in [0.2, 0.25) is 10.0 Å². The number of sulfonamides is 1. The Balaban J connectivity index is 2.09. The Morgan fingerprint density at radius 1 is 1.39 bits per heavy atom. The molecule has 1 fully saturated rings. The molecular formula is C15H25N3O4S. The monoisotopic (exact) mass is 343 g/mol. The van der Waals surface area contributed by atoms with Crippen LogP contribution in [0.15, 0.2) is 15.4 Å². The van der Waals surface area contributed by atoms with E-state index in [1.54, 1.807) is 6.92 Å². The fraction of sp³-hybridized carbons (Fsp3) is 0.667. The van der Waals surface area contributed by atoms with E-state index in [2.05, 4.69) is 17.6 Å². The zero-order valence-electron chi connectivity index (χ0n) is 14.1. The minimum atomic E-state index is -3.62. The molecule has 1 amide bonds. The number of nitrogens with zero attached hydrogens (tertiary/aromatic N) is 1. The predicted octanol–water partition coefficient (Wildman–Crippen LogP) is 0.958. The maximum Gasteiger partial charge on any atom is 0.287 e. The van der Waals surface area contributed by atoms with Crippen molar-refractivity contribution < 1.29 is 17.6 Å². The molecule has 0 spiro atoms. The van der Waals surface area contributed by atoms with Gasteiger partial charge in [-0.15, -0.1) is 0 Å². The summed E-state index contributed by atoms with van der Waals surface area (Å²) >= 11 is 0. The summed E-state index contributed by atoms with van der Waals surface area (Å²) in [6, 6.07) is 1.30. The van der Waals surface area contributed by atoms with Gasteiger partial charge in [0, 0.05) is 26.7 Å². The highest BCUT2D eigenvalue weighted by Crippen LogP contribution is 2.27.